The normalized spacial score (nSPS) is 28.6. The number of nitrogens with zero attached hydrogens (tertiary/aromatic N) is 2. The van der Waals surface area contributed by atoms with Crippen LogP contribution in [0, 0.1) is 0 Å². The Morgan fingerprint density at radius 2 is 2.16 bits per heavy atom. The second-order valence-corrected chi connectivity index (χ2v) is 8.35. The van der Waals surface area contributed by atoms with Gasteiger partial charge in [0.1, 0.15) is 5.69 Å². The number of hydrogen-bond acceptors (Lipinski definition) is 6. The summed E-state index contributed by atoms with van der Waals surface area (Å²) in [5.41, 5.74) is 0.531. The van der Waals surface area contributed by atoms with Crippen LogP contribution in [0.3, 0.4) is 0 Å². The topological polar surface area (TPSA) is 69.3 Å². The highest BCUT2D eigenvalue weighted by Gasteiger charge is 2.39. The van der Waals surface area contributed by atoms with Crippen LogP contribution in [0.4, 0.5) is 5.00 Å². The van der Waals surface area contributed by atoms with Crippen LogP contribution in [0.2, 0.25) is 0 Å². The molecule has 25 heavy (non-hydrogen) atoms. The van der Waals surface area contributed by atoms with Crippen molar-refractivity contribution < 1.29 is 4.79 Å². The van der Waals surface area contributed by atoms with Gasteiger partial charge < -0.3 is 20.9 Å². The Balaban J connectivity index is 1.34. The number of thiophene rings is 1. The fraction of sp³-hybridized carbons (Fsp3) is 0.556. The van der Waals surface area contributed by atoms with Crippen molar-refractivity contribution in [3.8, 4) is 0 Å². The molecule has 2 aromatic heterocycles. The first-order chi connectivity index (χ1) is 12.3. The minimum atomic E-state index is -0.0432. The smallest absolute Gasteiger partial charge is 0.270 e. The third-order valence-corrected chi connectivity index (χ3v) is 6.83. The number of hydrogen-bond donors (Lipinski definition) is 3. The monoisotopic (exact) mass is 357 g/mol. The van der Waals surface area contributed by atoms with Crippen molar-refractivity contribution in [2.75, 3.05) is 31.1 Å². The van der Waals surface area contributed by atoms with E-state index < -0.39 is 0 Å². The van der Waals surface area contributed by atoms with Crippen LogP contribution >= 0.6 is 11.3 Å². The van der Waals surface area contributed by atoms with Crippen molar-refractivity contribution in [3.63, 3.8) is 0 Å². The van der Waals surface area contributed by atoms with Crippen molar-refractivity contribution in [1.29, 1.82) is 0 Å². The molecule has 0 unspecified atom stereocenters. The molecule has 0 aromatic carbocycles. The number of aromatic nitrogens is 1. The predicted octanol–water partition coefficient (Wildman–Crippen LogP) is 1.33. The van der Waals surface area contributed by atoms with E-state index in [1.807, 2.05) is 12.3 Å². The molecule has 3 aliphatic heterocycles. The van der Waals surface area contributed by atoms with Gasteiger partial charge in [0.15, 0.2) is 0 Å². The van der Waals surface area contributed by atoms with Crippen molar-refractivity contribution >= 4 is 32.3 Å². The van der Waals surface area contributed by atoms with E-state index in [9.17, 15) is 4.79 Å². The summed E-state index contributed by atoms with van der Waals surface area (Å²) in [7, 11) is 0. The van der Waals surface area contributed by atoms with E-state index in [0.29, 0.717) is 17.8 Å². The number of pyridine rings is 1. The molecular formula is C18H23N5OS. The van der Waals surface area contributed by atoms with Gasteiger partial charge in [-0.2, -0.15) is 0 Å². The molecule has 0 radical (unpaired) electrons. The number of carbonyl (C=O) groups excluding carboxylic acids is 1. The average Bonchev–Trinajstić information content (AvgIpc) is 3.36. The minimum Gasteiger partial charge on any atom is -0.361 e. The van der Waals surface area contributed by atoms with E-state index in [0.717, 1.165) is 42.7 Å². The van der Waals surface area contributed by atoms with Crippen molar-refractivity contribution in [2.45, 2.75) is 37.4 Å². The summed E-state index contributed by atoms with van der Waals surface area (Å²) in [4.78, 5) is 19.4. The number of fused-ring (bicyclic) bond motifs is 3. The van der Waals surface area contributed by atoms with Crippen LogP contribution < -0.4 is 20.9 Å². The molecule has 3 atom stereocenters. The first kappa shape index (κ1) is 15.5. The van der Waals surface area contributed by atoms with Gasteiger partial charge in [-0.3, -0.25) is 9.78 Å². The second kappa shape index (κ2) is 6.23. The molecule has 0 spiro atoms. The van der Waals surface area contributed by atoms with Gasteiger partial charge in [-0.1, -0.05) is 0 Å². The summed E-state index contributed by atoms with van der Waals surface area (Å²) in [5, 5.41) is 12.5. The number of amides is 1. The molecule has 1 amide bonds. The Bertz CT molecular complexity index is 800. The fourth-order valence-corrected chi connectivity index (χ4v) is 5.43. The van der Waals surface area contributed by atoms with E-state index in [1.165, 1.54) is 17.8 Å². The van der Waals surface area contributed by atoms with E-state index >= 15 is 0 Å². The average molecular weight is 357 g/mol. The number of piperazine rings is 1. The molecule has 2 bridgehead atoms. The van der Waals surface area contributed by atoms with Crippen LogP contribution in [0.1, 0.15) is 29.8 Å². The SMILES string of the molecule is O=C(N[C@@H]1C[C@H]2CC[C@@H]1N2)c1cc2sc(N3CCNCC3)cc2cn1. The fourth-order valence-electron chi connectivity index (χ4n) is 4.31. The lowest BCUT2D eigenvalue weighted by molar-refractivity contribution is 0.0926. The zero-order valence-corrected chi connectivity index (χ0v) is 14.9. The molecule has 3 saturated heterocycles. The molecule has 3 N–H and O–H groups in total. The Kier molecular flexibility index (Phi) is 3.87. The molecule has 3 aliphatic rings. The molecule has 5 heterocycles. The first-order valence-electron chi connectivity index (χ1n) is 9.18. The van der Waals surface area contributed by atoms with Gasteiger partial charge in [-0.05, 0) is 31.4 Å². The summed E-state index contributed by atoms with van der Waals surface area (Å²) < 4.78 is 1.14. The first-order valence-corrected chi connectivity index (χ1v) is 10.00. The number of rotatable bonds is 3. The van der Waals surface area contributed by atoms with Gasteiger partial charge in [-0.15, -0.1) is 11.3 Å². The van der Waals surface area contributed by atoms with Crippen LogP contribution in [-0.4, -0.2) is 55.2 Å². The van der Waals surface area contributed by atoms with E-state index in [4.69, 9.17) is 0 Å². The molecule has 0 aliphatic carbocycles. The molecule has 3 fully saturated rings. The zero-order chi connectivity index (χ0) is 16.8. The van der Waals surface area contributed by atoms with E-state index in [1.54, 1.807) is 11.3 Å². The van der Waals surface area contributed by atoms with Crippen molar-refractivity contribution in [3.05, 3.63) is 24.0 Å². The highest BCUT2D eigenvalue weighted by molar-refractivity contribution is 7.22. The maximum atomic E-state index is 12.6. The largest absolute Gasteiger partial charge is 0.361 e. The third kappa shape index (κ3) is 2.90. The third-order valence-electron chi connectivity index (χ3n) is 5.67. The van der Waals surface area contributed by atoms with Gasteiger partial charge in [0.05, 0.1) is 5.00 Å². The van der Waals surface area contributed by atoms with Gasteiger partial charge in [0, 0.05) is 60.6 Å². The van der Waals surface area contributed by atoms with Gasteiger partial charge in [-0.25, -0.2) is 0 Å². The second-order valence-electron chi connectivity index (χ2n) is 7.29. The molecule has 5 rings (SSSR count). The Morgan fingerprint density at radius 3 is 2.92 bits per heavy atom. The summed E-state index contributed by atoms with van der Waals surface area (Å²) in [6, 6.07) is 5.42. The summed E-state index contributed by atoms with van der Waals surface area (Å²) >= 11 is 1.76. The Morgan fingerprint density at radius 1 is 1.28 bits per heavy atom. The highest BCUT2D eigenvalue weighted by atomic mass is 32.1. The maximum Gasteiger partial charge on any atom is 0.270 e. The van der Waals surface area contributed by atoms with Crippen LogP contribution in [-0.2, 0) is 0 Å². The molecule has 132 valence electrons. The molecule has 2 aromatic rings. The van der Waals surface area contributed by atoms with Gasteiger partial charge >= 0.3 is 0 Å². The van der Waals surface area contributed by atoms with Crippen LogP contribution in [0.15, 0.2) is 18.3 Å². The summed E-state index contributed by atoms with van der Waals surface area (Å²) in [6.07, 6.45) is 5.29. The maximum absolute atomic E-state index is 12.6. The number of nitrogens with one attached hydrogen (secondary N) is 3. The number of anilines is 1. The predicted molar refractivity (Wildman–Crippen MR) is 101 cm³/mol. The van der Waals surface area contributed by atoms with Crippen LogP contribution in [0.25, 0.3) is 10.1 Å². The van der Waals surface area contributed by atoms with Crippen molar-refractivity contribution in [1.82, 2.24) is 20.9 Å². The molecular weight excluding hydrogens is 334 g/mol. The van der Waals surface area contributed by atoms with Gasteiger partial charge in [0.25, 0.3) is 5.91 Å². The van der Waals surface area contributed by atoms with Gasteiger partial charge in [0.2, 0.25) is 0 Å². The van der Waals surface area contributed by atoms with Crippen LogP contribution in [0.5, 0.6) is 0 Å². The highest BCUT2D eigenvalue weighted by Crippen LogP contribution is 2.33. The zero-order valence-electron chi connectivity index (χ0n) is 14.1. The Labute approximate surface area is 151 Å². The lowest BCUT2D eigenvalue weighted by Crippen LogP contribution is -2.43. The summed E-state index contributed by atoms with van der Waals surface area (Å²) in [5.74, 6) is -0.0432. The standard InChI is InChI=1S/C18H23N5OS/c24-18(22-14-8-12-1-2-13(14)21-12)15-9-16-11(10-20-15)7-17(25-16)23-5-3-19-4-6-23/h7,9-10,12-14,19,21H,1-6,8H2,(H,22,24)/t12-,13+,14-/m1/s1. The quantitative estimate of drug-likeness (QED) is 0.773. The molecule has 0 saturated carbocycles. The molecule has 7 heteroatoms. The van der Waals surface area contributed by atoms with E-state index in [-0.39, 0.29) is 11.9 Å². The lowest BCUT2D eigenvalue weighted by atomic mass is 9.95. The summed E-state index contributed by atoms with van der Waals surface area (Å²) in [6.45, 7) is 4.12. The van der Waals surface area contributed by atoms with Crippen molar-refractivity contribution in [2.24, 2.45) is 0 Å². The minimum absolute atomic E-state index is 0.0432. The molecule has 6 nitrogen and oxygen atoms in total. The number of carbonyl (C=O) groups is 1. The van der Waals surface area contributed by atoms with E-state index in [2.05, 4.69) is 31.9 Å². The Hall–Kier alpha value is -1.70. The lowest BCUT2D eigenvalue weighted by Gasteiger charge is -2.27.